The van der Waals surface area contributed by atoms with Gasteiger partial charge in [0, 0.05) is 10.6 Å². The van der Waals surface area contributed by atoms with Crippen molar-refractivity contribution >= 4 is 23.5 Å². The van der Waals surface area contributed by atoms with Crippen LogP contribution < -0.4 is 5.32 Å². The first-order valence-corrected chi connectivity index (χ1v) is 5.30. The van der Waals surface area contributed by atoms with E-state index in [1.54, 1.807) is 5.32 Å². The quantitative estimate of drug-likeness (QED) is 0.885. The Morgan fingerprint density at radius 2 is 2.06 bits per heavy atom. The molecule has 1 amide bonds. The number of amides is 1. The number of hydrogen-bond donors (Lipinski definition) is 2. The molecule has 0 aliphatic heterocycles. The number of carbonyl (C=O) groups excluding carboxylic acids is 1. The number of carboxylic acid groups (broad SMARTS) is 1. The van der Waals surface area contributed by atoms with E-state index in [1.807, 2.05) is 0 Å². The predicted molar refractivity (Wildman–Crippen MR) is 60.6 cm³/mol. The van der Waals surface area contributed by atoms with Gasteiger partial charge >= 0.3 is 11.9 Å². The highest BCUT2D eigenvalue weighted by molar-refractivity contribution is 6.30. The van der Waals surface area contributed by atoms with Gasteiger partial charge in [0.1, 0.15) is 6.04 Å². The summed E-state index contributed by atoms with van der Waals surface area (Å²) >= 11 is 5.55. The molecule has 0 saturated carbocycles. The number of benzene rings is 1. The van der Waals surface area contributed by atoms with E-state index in [0.717, 1.165) is 19.1 Å². The summed E-state index contributed by atoms with van der Waals surface area (Å²) in [6.07, 6.45) is 0. The number of rotatable bonds is 4. The smallest absolute Gasteiger partial charge is 0.349 e. The molecule has 0 bridgehead atoms. The van der Waals surface area contributed by atoms with Crippen LogP contribution in [0.3, 0.4) is 0 Å². The lowest BCUT2D eigenvalue weighted by molar-refractivity contribution is -0.151. The molecule has 0 fully saturated rings. The van der Waals surface area contributed by atoms with Crippen molar-refractivity contribution in [2.45, 2.75) is 18.9 Å². The van der Waals surface area contributed by atoms with E-state index in [1.165, 1.54) is 12.1 Å². The lowest BCUT2D eigenvalue weighted by Crippen LogP contribution is -2.45. The minimum Gasteiger partial charge on any atom is -0.480 e. The number of carboxylic acids is 1. The van der Waals surface area contributed by atoms with Gasteiger partial charge in [0.15, 0.2) is 0 Å². The minimum absolute atomic E-state index is 0.0614. The largest absolute Gasteiger partial charge is 0.480 e. The van der Waals surface area contributed by atoms with Crippen LogP contribution in [0.2, 0.25) is 5.02 Å². The molecule has 18 heavy (non-hydrogen) atoms. The summed E-state index contributed by atoms with van der Waals surface area (Å²) in [5, 5.41) is 10.3. The molecule has 98 valence electrons. The second-order valence-electron chi connectivity index (χ2n) is 3.62. The van der Waals surface area contributed by atoms with Gasteiger partial charge in [0.05, 0.1) is 0 Å². The number of carbonyl (C=O) groups is 2. The molecule has 4 nitrogen and oxygen atoms in total. The van der Waals surface area contributed by atoms with Gasteiger partial charge in [0.25, 0.3) is 5.91 Å². The zero-order valence-corrected chi connectivity index (χ0v) is 10.0. The standard InChI is InChI=1S/C11H10ClF2NO3/c1-6(9(16)17)15-10(18)11(13,14)7-3-2-4-8(12)5-7/h2-6H,1H3,(H,15,18)(H,16,17). The molecule has 0 heterocycles. The van der Waals surface area contributed by atoms with Crippen molar-refractivity contribution in [2.24, 2.45) is 0 Å². The third-order valence-electron chi connectivity index (χ3n) is 2.19. The van der Waals surface area contributed by atoms with E-state index in [0.29, 0.717) is 0 Å². The summed E-state index contributed by atoms with van der Waals surface area (Å²) in [7, 11) is 0. The fourth-order valence-corrected chi connectivity index (χ4v) is 1.35. The normalized spacial score (nSPS) is 12.9. The van der Waals surface area contributed by atoms with Crippen LogP contribution in [-0.2, 0) is 15.5 Å². The maximum absolute atomic E-state index is 13.7. The number of alkyl halides is 2. The van der Waals surface area contributed by atoms with Crippen molar-refractivity contribution in [1.29, 1.82) is 0 Å². The average molecular weight is 278 g/mol. The Bertz CT molecular complexity index is 479. The van der Waals surface area contributed by atoms with Crippen LogP contribution in [0.5, 0.6) is 0 Å². The topological polar surface area (TPSA) is 66.4 Å². The maximum Gasteiger partial charge on any atom is 0.349 e. The third-order valence-corrected chi connectivity index (χ3v) is 2.43. The van der Waals surface area contributed by atoms with Gasteiger partial charge in [-0.05, 0) is 19.1 Å². The van der Waals surface area contributed by atoms with Crippen LogP contribution in [0.25, 0.3) is 0 Å². The van der Waals surface area contributed by atoms with Gasteiger partial charge in [-0.3, -0.25) is 9.59 Å². The Hall–Kier alpha value is -1.69. The first kappa shape index (κ1) is 14.4. The maximum atomic E-state index is 13.7. The van der Waals surface area contributed by atoms with E-state index in [9.17, 15) is 18.4 Å². The van der Waals surface area contributed by atoms with E-state index in [-0.39, 0.29) is 5.02 Å². The summed E-state index contributed by atoms with van der Waals surface area (Å²) in [5.74, 6) is -6.92. The van der Waals surface area contributed by atoms with Gasteiger partial charge in [-0.15, -0.1) is 0 Å². The van der Waals surface area contributed by atoms with Crippen LogP contribution in [0, 0.1) is 0 Å². The van der Waals surface area contributed by atoms with Crippen molar-refractivity contribution < 1.29 is 23.5 Å². The highest BCUT2D eigenvalue weighted by Gasteiger charge is 2.42. The molecule has 0 radical (unpaired) electrons. The Labute approximate surface area is 107 Å². The van der Waals surface area contributed by atoms with Gasteiger partial charge < -0.3 is 10.4 Å². The van der Waals surface area contributed by atoms with Crippen LogP contribution in [-0.4, -0.2) is 23.0 Å². The zero-order chi connectivity index (χ0) is 13.9. The molecular formula is C11H10ClF2NO3. The molecule has 7 heteroatoms. The molecule has 0 spiro atoms. The summed E-state index contributed by atoms with van der Waals surface area (Å²) < 4.78 is 27.4. The summed E-state index contributed by atoms with van der Waals surface area (Å²) in [5.41, 5.74) is -0.593. The first-order valence-electron chi connectivity index (χ1n) is 4.92. The van der Waals surface area contributed by atoms with E-state index in [4.69, 9.17) is 16.7 Å². The van der Waals surface area contributed by atoms with Crippen molar-refractivity contribution in [1.82, 2.24) is 5.32 Å². The molecule has 1 rings (SSSR count). The van der Waals surface area contributed by atoms with E-state index >= 15 is 0 Å². The van der Waals surface area contributed by atoms with Crippen molar-refractivity contribution in [3.8, 4) is 0 Å². The minimum atomic E-state index is -3.84. The molecular weight excluding hydrogens is 268 g/mol. The summed E-state index contributed by atoms with van der Waals surface area (Å²) in [6.45, 7) is 1.09. The Morgan fingerprint density at radius 1 is 1.44 bits per heavy atom. The monoisotopic (exact) mass is 277 g/mol. The van der Waals surface area contributed by atoms with Gasteiger partial charge in [-0.25, -0.2) is 0 Å². The Morgan fingerprint density at radius 3 is 2.56 bits per heavy atom. The Kier molecular flexibility index (Phi) is 4.24. The highest BCUT2D eigenvalue weighted by Crippen LogP contribution is 2.29. The fourth-order valence-electron chi connectivity index (χ4n) is 1.16. The van der Waals surface area contributed by atoms with Crippen LogP contribution in [0.15, 0.2) is 24.3 Å². The fraction of sp³-hybridized carbons (Fsp3) is 0.273. The molecule has 0 aliphatic rings. The lowest BCUT2D eigenvalue weighted by Gasteiger charge is -2.18. The molecule has 1 atom stereocenters. The number of aliphatic carboxylic acids is 1. The number of hydrogen-bond acceptors (Lipinski definition) is 2. The molecule has 1 unspecified atom stereocenters. The molecule has 0 aliphatic carbocycles. The molecule has 1 aromatic carbocycles. The number of halogens is 3. The van der Waals surface area contributed by atoms with Crippen LogP contribution >= 0.6 is 11.6 Å². The highest BCUT2D eigenvalue weighted by atomic mass is 35.5. The van der Waals surface area contributed by atoms with Gasteiger partial charge in [0.2, 0.25) is 0 Å². The van der Waals surface area contributed by atoms with Gasteiger partial charge in [-0.1, -0.05) is 23.7 Å². The van der Waals surface area contributed by atoms with E-state index in [2.05, 4.69) is 0 Å². The van der Waals surface area contributed by atoms with Crippen molar-refractivity contribution in [2.75, 3.05) is 0 Å². The molecule has 1 aromatic rings. The zero-order valence-electron chi connectivity index (χ0n) is 9.28. The molecule has 2 N–H and O–H groups in total. The van der Waals surface area contributed by atoms with Crippen LogP contribution in [0.1, 0.15) is 12.5 Å². The second-order valence-corrected chi connectivity index (χ2v) is 4.05. The lowest BCUT2D eigenvalue weighted by atomic mass is 10.1. The Balaban J connectivity index is 2.92. The molecule has 0 saturated heterocycles. The third kappa shape index (κ3) is 3.16. The predicted octanol–water partition coefficient (Wildman–Crippen LogP) is 2.02. The summed E-state index contributed by atoms with van der Waals surface area (Å²) in [4.78, 5) is 21.8. The average Bonchev–Trinajstić information content (AvgIpc) is 2.28. The van der Waals surface area contributed by atoms with Crippen molar-refractivity contribution in [3.63, 3.8) is 0 Å². The first-order chi connectivity index (χ1) is 8.25. The van der Waals surface area contributed by atoms with E-state index < -0.39 is 29.4 Å². The van der Waals surface area contributed by atoms with Crippen molar-refractivity contribution in [3.05, 3.63) is 34.9 Å². The van der Waals surface area contributed by atoms with Gasteiger partial charge in [-0.2, -0.15) is 8.78 Å². The second kappa shape index (κ2) is 5.30. The SMILES string of the molecule is CC(NC(=O)C(F)(F)c1cccc(Cl)c1)C(=O)O. The molecule has 0 aromatic heterocycles. The number of nitrogens with one attached hydrogen (secondary N) is 1. The van der Waals surface area contributed by atoms with Crippen LogP contribution in [0.4, 0.5) is 8.78 Å². The summed E-state index contributed by atoms with van der Waals surface area (Å²) in [6, 6.07) is 3.25.